The molecule has 1 fully saturated rings. The highest BCUT2D eigenvalue weighted by Crippen LogP contribution is 2.32. The van der Waals surface area contributed by atoms with Crippen molar-refractivity contribution in [3.63, 3.8) is 0 Å². The van der Waals surface area contributed by atoms with Gasteiger partial charge < -0.3 is 4.74 Å². The number of ketones is 1. The molecule has 0 heterocycles. The standard InChI is InChI=1S/C9H14F2O2/c10-9(11)6-13-4-3-8(12)5-7-1-2-7/h7,9H,1-6H2. The van der Waals surface area contributed by atoms with Gasteiger partial charge in [-0.05, 0) is 18.8 Å². The Morgan fingerprint density at radius 3 is 2.69 bits per heavy atom. The number of carbonyl (C=O) groups excluding carboxylic acids is 1. The Morgan fingerprint density at radius 1 is 1.46 bits per heavy atom. The van der Waals surface area contributed by atoms with Gasteiger partial charge in [-0.2, -0.15) is 0 Å². The van der Waals surface area contributed by atoms with Gasteiger partial charge in [0.25, 0.3) is 6.43 Å². The molecule has 0 aromatic rings. The number of ether oxygens (including phenoxy) is 1. The average molecular weight is 192 g/mol. The first-order valence-electron chi connectivity index (χ1n) is 4.56. The maximum atomic E-state index is 11.6. The molecule has 0 saturated heterocycles. The molecule has 0 N–H and O–H groups in total. The minimum Gasteiger partial charge on any atom is -0.375 e. The lowest BCUT2D eigenvalue weighted by Gasteiger charge is -2.02. The van der Waals surface area contributed by atoms with Gasteiger partial charge in [0.1, 0.15) is 12.4 Å². The summed E-state index contributed by atoms with van der Waals surface area (Å²) in [5, 5.41) is 0. The molecule has 76 valence electrons. The summed E-state index contributed by atoms with van der Waals surface area (Å²) in [7, 11) is 0. The SMILES string of the molecule is O=C(CCOCC(F)F)CC1CC1. The van der Waals surface area contributed by atoms with Crippen molar-refractivity contribution >= 4 is 5.78 Å². The summed E-state index contributed by atoms with van der Waals surface area (Å²) in [6.07, 6.45) is 0.743. The third-order valence-corrected chi connectivity index (χ3v) is 1.98. The summed E-state index contributed by atoms with van der Waals surface area (Å²) < 4.78 is 27.7. The second-order valence-electron chi connectivity index (χ2n) is 3.40. The Hall–Kier alpha value is -0.510. The summed E-state index contributed by atoms with van der Waals surface area (Å²) in [6, 6.07) is 0. The molecule has 0 radical (unpaired) electrons. The molecule has 0 unspecified atom stereocenters. The van der Waals surface area contributed by atoms with Crippen LogP contribution in [0.3, 0.4) is 0 Å². The number of alkyl halides is 2. The Morgan fingerprint density at radius 2 is 2.15 bits per heavy atom. The van der Waals surface area contributed by atoms with E-state index in [1.807, 2.05) is 0 Å². The van der Waals surface area contributed by atoms with Crippen LogP contribution in [0, 0.1) is 5.92 Å². The molecule has 4 heteroatoms. The molecule has 1 saturated carbocycles. The molecule has 0 aromatic carbocycles. The molecule has 1 rings (SSSR count). The van der Waals surface area contributed by atoms with E-state index in [2.05, 4.69) is 4.74 Å². The smallest absolute Gasteiger partial charge is 0.261 e. The zero-order valence-electron chi connectivity index (χ0n) is 7.47. The van der Waals surface area contributed by atoms with Crippen LogP contribution in [-0.2, 0) is 9.53 Å². The van der Waals surface area contributed by atoms with Crippen molar-refractivity contribution in [1.29, 1.82) is 0 Å². The summed E-state index contributed by atoms with van der Waals surface area (Å²) in [4.78, 5) is 11.1. The van der Waals surface area contributed by atoms with Crippen molar-refractivity contribution in [3.05, 3.63) is 0 Å². The van der Waals surface area contributed by atoms with Gasteiger partial charge in [-0.15, -0.1) is 0 Å². The van der Waals surface area contributed by atoms with Crippen molar-refractivity contribution in [2.45, 2.75) is 32.1 Å². The predicted octanol–water partition coefficient (Wildman–Crippen LogP) is 2.03. The monoisotopic (exact) mass is 192 g/mol. The molecule has 13 heavy (non-hydrogen) atoms. The number of hydrogen-bond donors (Lipinski definition) is 0. The quantitative estimate of drug-likeness (QED) is 0.577. The van der Waals surface area contributed by atoms with Gasteiger partial charge >= 0.3 is 0 Å². The maximum Gasteiger partial charge on any atom is 0.261 e. The second-order valence-corrected chi connectivity index (χ2v) is 3.40. The largest absolute Gasteiger partial charge is 0.375 e. The highest BCUT2D eigenvalue weighted by molar-refractivity contribution is 5.78. The average Bonchev–Trinajstić information content (AvgIpc) is 2.81. The van der Waals surface area contributed by atoms with Crippen molar-refractivity contribution in [2.24, 2.45) is 5.92 Å². The van der Waals surface area contributed by atoms with Crippen LogP contribution in [0.5, 0.6) is 0 Å². The second kappa shape index (κ2) is 5.27. The van der Waals surface area contributed by atoms with E-state index in [1.165, 1.54) is 0 Å². The van der Waals surface area contributed by atoms with Crippen molar-refractivity contribution < 1.29 is 18.3 Å². The van der Waals surface area contributed by atoms with E-state index in [4.69, 9.17) is 0 Å². The number of Topliss-reactive ketones (excluding diaryl/α,β-unsaturated/α-hetero) is 1. The summed E-state index contributed by atoms with van der Waals surface area (Å²) in [5.41, 5.74) is 0. The lowest BCUT2D eigenvalue weighted by molar-refractivity contribution is -0.120. The van der Waals surface area contributed by atoms with Gasteiger partial charge in [-0.3, -0.25) is 4.79 Å². The van der Waals surface area contributed by atoms with Gasteiger partial charge in [0.15, 0.2) is 0 Å². The van der Waals surface area contributed by atoms with E-state index >= 15 is 0 Å². The molecule has 0 aliphatic heterocycles. The third-order valence-electron chi connectivity index (χ3n) is 1.98. The van der Waals surface area contributed by atoms with Crippen LogP contribution in [0.25, 0.3) is 0 Å². The topological polar surface area (TPSA) is 26.3 Å². The normalized spacial score (nSPS) is 16.5. The molecular formula is C9H14F2O2. The van der Waals surface area contributed by atoms with Gasteiger partial charge in [0.05, 0.1) is 6.61 Å². The molecule has 2 nitrogen and oxygen atoms in total. The minimum absolute atomic E-state index is 0.135. The number of halogens is 2. The first kappa shape index (κ1) is 10.6. The fourth-order valence-corrected chi connectivity index (χ4v) is 1.10. The molecule has 1 aliphatic carbocycles. The Balaban J connectivity index is 1.89. The van der Waals surface area contributed by atoms with E-state index in [0.717, 1.165) is 12.8 Å². The fraction of sp³-hybridized carbons (Fsp3) is 0.889. The molecule has 0 aromatic heterocycles. The van der Waals surface area contributed by atoms with Gasteiger partial charge in [-0.25, -0.2) is 8.78 Å². The van der Waals surface area contributed by atoms with Crippen LogP contribution in [0.1, 0.15) is 25.7 Å². The molecule has 0 amide bonds. The Kier molecular flexibility index (Phi) is 4.28. The van der Waals surface area contributed by atoms with Crippen molar-refractivity contribution in [3.8, 4) is 0 Å². The highest BCUT2D eigenvalue weighted by Gasteiger charge is 2.23. The maximum absolute atomic E-state index is 11.6. The van der Waals surface area contributed by atoms with E-state index in [-0.39, 0.29) is 18.8 Å². The van der Waals surface area contributed by atoms with Crippen LogP contribution in [-0.4, -0.2) is 25.4 Å². The highest BCUT2D eigenvalue weighted by atomic mass is 19.3. The predicted molar refractivity (Wildman–Crippen MR) is 43.8 cm³/mol. The number of carbonyl (C=O) groups is 1. The summed E-state index contributed by atoms with van der Waals surface area (Å²) in [5.74, 6) is 0.708. The van der Waals surface area contributed by atoms with Crippen LogP contribution < -0.4 is 0 Å². The number of rotatable bonds is 7. The number of hydrogen-bond acceptors (Lipinski definition) is 2. The summed E-state index contributed by atoms with van der Waals surface area (Å²) in [6.45, 7) is -0.424. The molecule has 0 atom stereocenters. The van der Waals surface area contributed by atoms with Gasteiger partial charge in [0.2, 0.25) is 0 Å². The fourth-order valence-electron chi connectivity index (χ4n) is 1.10. The Bertz CT molecular complexity index is 167. The van der Waals surface area contributed by atoms with E-state index < -0.39 is 13.0 Å². The van der Waals surface area contributed by atoms with Gasteiger partial charge in [-0.1, -0.05) is 0 Å². The van der Waals surface area contributed by atoms with E-state index in [1.54, 1.807) is 0 Å². The lowest BCUT2D eigenvalue weighted by atomic mass is 10.1. The van der Waals surface area contributed by atoms with E-state index in [0.29, 0.717) is 12.3 Å². The van der Waals surface area contributed by atoms with Crippen LogP contribution in [0.4, 0.5) is 8.78 Å². The first-order valence-corrected chi connectivity index (χ1v) is 4.56. The first-order chi connectivity index (χ1) is 6.18. The van der Waals surface area contributed by atoms with Gasteiger partial charge in [0, 0.05) is 12.8 Å². The third kappa shape index (κ3) is 5.69. The van der Waals surface area contributed by atoms with Crippen molar-refractivity contribution in [2.75, 3.05) is 13.2 Å². The van der Waals surface area contributed by atoms with Crippen LogP contribution >= 0.6 is 0 Å². The van der Waals surface area contributed by atoms with E-state index in [9.17, 15) is 13.6 Å². The summed E-state index contributed by atoms with van der Waals surface area (Å²) >= 11 is 0. The zero-order chi connectivity index (χ0) is 9.68. The van der Waals surface area contributed by atoms with Crippen molar-refractivity contribution in [1.82, 2.24) is 0 Å². The molecule has 1 aliphatic rings. The Labute approximate surface area is 76.3 Å². The molecular weight excluding hydrogens is 178 g/mol. The van der Waals surface area contributed by atoms with Crippen LogP contribution in [0.15, 0.2) is 0 Å². The zero-order valence-corrected chi connectivity index (χ0v) is 7.47. The molecule has 0 bridgehead atoms. The lowest BCUT2D eigenvalue weighted by Crippen LogP contribution is -2.09. The van der Waals surface area contributed by atoms with Crippen LogP contribution in [0.2, 0.25) is 0 Å². The molecule has 0 spiro atoms. The minimum atomic E-state index is -2.43.